The highest BCUT2D eigenvalue weighted by atomic mass is 32.1. The molecule has 20 heavy (non-hydrogen) atoms. The van der Waals surface area contributed by atoms with E-state index in [0.29, 0.717) is 12.5 Å². The van der Waals surface area contributed by atoms with Crippen molar-refractivity contribution < 1.29 is 0 Å². The maximum Gasteiger partial charge on any atom is 0.185 e. The van der Waals surface area contributed by atoms with Gasteiger partial charge < -0.3 is 10.6 Å². The third-order valence-corrected chi connectivity index (χ3v) is 5.46. The Morgan fingerprint density at radius 2 is 1.95 bits per heavy atom. The van der Waals surface area contributed by atoms with Gasteiger partial charge in [0.2, 0.25) is 0 Å². The molecule has 1 aromatic rings. The third kappa shape index (κ3) is 3.15. The second-order valence-electron chi connectivity index (χ2n) is 6.39. The van der Waals surface area contributed by atoms with Crippen molar-refractivity contribution in [2.75, 3.05) is 37.6 Å². The van der Waals surface area contributed by atoms with Crippen molar-refractivity contribution in [3.05, 3.63) is 10.6 Å². The van der Waals surface area contributed by atoms with Crippen molar-refractivity contribution >= 4 is 16.5 Å². The summed E-state index contributed by atoms with van der Waals surface area (Å²) in [6.45, 7) is 10.9. The largest absolute Gasteiger partial charge is 0.346 e. The first kappa shape index (κ1) is 14.3. The van der Waals surface area contributed by atoms with Crippen LogP contribution in [0.2, 0.25) is 0 Å². The number of rotatable bonds is 5. The summed E-state index contributed by atoms with van der Waals surface area (Å²) in [7, 11) is 0. The minimum absolute atomic E-state index is 0.467. The topological polar surface area (TPSA) is 45.4 Å². The van der Waals surface area contributed by atoms with E-state index in [9.17, 15) is 0 Å². The number of hydrogen-bond acceptors (Lipinski definition) is 5. The van der Waals surface area contributed by atoms with Crippen LogP contribution in [0.25, 0.3) is 0 Å². The van der Waals surface area contributed by atoms with Crippen LogP contribution < -0.4 is 10.6 Å². The Balaban J connectivity index is 1.62. The van der Waals surface area contributed by atoms with Gasteiger partial charge in [-0.2, -0.15) is 0 Å². The van der Waals surface area contributed by atoms with Crippen molar-refractivity contribution in [1.82, 2.24) is 9.88 Å². The number of thiazole rings is 1. The first-order valence-corrected chi connectivity index (χ1v) is 8.66. The van der Waals surface area contributed by atoms with E-state index in [1.807, 2.05) is 0 Å². The van der Waals surface area contributed by atoms with Crippen LogP contribution >= 0.6 is 11.3 Å². The highest BCUT2D eigenvalue weighted by molar-refractivity contribution is 7.15. The lowest BCUT2D eigenvalue weighted by atomic mass is 10.1. The van der Waals surface area contributed by atoms with Crippen LogP contribution in [0.15, 0.2) is 0 Å². The van der Waals surface area contributed by atoms with Crippen LogP contribution in [-0.2, 0) is 6.54 Å². The molecular weight excluding hydrogens is 268 g/mol. The summed E-state index contributed by atoms with van der Waals surface area (Å²) in [5.41, 5.74) is 7.06. The van der Waals surface area contributed by atoms with Crippen LogP contribution in [0.4, 0.5) is 5.13 Å². The lowest BCUT2D eigenvalue weighted by Crippen LogP contribution is -2.47. The molecule has 1 saturated carbocycles. The van der Waals surface area contributed by atoms with Crippen molar-refractivity contribution in [1.29, 1.82) is 0 Å². The molecule has 3 rings (SSSR count). The van der Waals surface area contributed by atoms with Gasteiger partial charge in [-0.3, -0.25) is 4.90 Å². The van der Waals surface area contributed by atoms with E-state index in [-0.39, 0.29) is 0 Å². The second-order valence-corrected chi connectivity index (χ2v) is 7.46. The molecule has 0 amide bonds. The minimum Gasteiger partial charge on any atom is -0.346 e. The number of piperazine rings is 1. The summed E-state index contributed by atoms with van der Waals surface area (Å²) in [6.07, 6.45) is 2.90. The molecule has 2 fully saturated rings. The maximum absolute atomic E-state index is 5.86. The lowest BCUT2D eigenvalue weighted by molar-refractivity contribution is 0.248. The summed E-state index contributed by atoms with van der Waals surface area (Å²) in [5.74, 6) is 1.47. The Hall–Kier alpha value is -0.650. The molecule has 1 saturated heterocycles. The van der Waals surface area contributed by atoms with Crippen molar-refractivity contribution in [3.63, 3.8) is 0 Å². The molecule has 0 bridgehead atoms. The Morgan fingerprint density at radius 3 is 2.45 bits per heavy atom. The van der Waals surface area contributed by atoms with Gasteiger partial charge in [0, 0.05) is 44.1 Å². The lowest BCUT2D eigenvalue weighted by Gasteiger charge is -2.34. The summed E-state index contributed by atoms with van der Waals surface area (Å²) in [4.78, 5) is 11.2. The molecule has 5 heteroatoms. The number of anilines is 1. The van der Waals surface area contributed by atoms with Gasteiger partial charge in [0.25, 0.3) is 0 Å². The summed E-state index contributed by atoms with van der Waals surface area (Å²) < 4.78 is 0. The molecule has 1 aliphatic heterocycles. The Kier molecular flexibility index (Phi) is 4.29. The molecule has 1 aromatic heterocycles. The Labute approximate surface area is 126 Å². The Bertz CT molecular complexity index is 445. The molecule has 0 aromatic carbocycles. The van der Waals surface area contributed by atoms with E-state index in [1.54, 1.807) is 11.3 Å². The van der Waals surface area contributed by atoms with Gasteiger partial charge in [0.05, 0.1) is 5.69 Å². The van der Waals surface area contributed by atoms with E-state index in [0.717, 1.165) is 19.0 Å². The number of nitrogens with two attached hydrogens (primary N) is 1. The molecule has 0 unspecified atom stereocenters. The van der Waals surface area contributed by atoms with Gasteiger partial charge in [-0.15, -0.1) is 11.3 Å². The standard InChI is InChI=1S/C15H26N4S/c1-11(2)14-13(9-16)20-15(17-14)19-7-5-18(6-8-19)10-12-3-4-12/h11-12H,3-10,16H2,1-2H3. The van der Waals surface area contributed by atoms with Gasteiger partial charge in [0.15, 0.2) is 5.13 Å². The van der Waals surface area contributed by atoms with E-state index in [1.165, 1.54) is 48.2 Å². The van der Waals surface area contributed by atoms with Crippen LogP contribution in [0.1, 0.15) is 43.2 Å². The van der Waals surface area contributed by atoms with Gasteiger partial charge >= 0.3 is 0 Å². The van der Waals surface area contributed by atoms with Crippen LogP contribution in [0.5, 0.6) is 0 Å². The second kappa shape index (κ2) is 6.00. The maximum atomic E-state index is 5.86. The molecule has 4 nitrogen and oxygen atoms in total. The summed E-state index contributed by atoms with van der Waals surface area (Å²) in [5, 5.41) is 1.18. The molecule has 1 aliphatic carbocycles. The smallest absolute Gasteiger partial charge is 0.185 e. The average Bonchev–Trinajstić information content (AvgIpc) is 3.15. The molecule has 0 spiro atoms. The fourth-order valence-electron chi connectivity index (χ4n) is 2.87. The SMILES string of the molecule is CC(C)c1nc(N2CCN(CC3CC3)CC2)sc1CN. The zero-order chi connectivity index (χ0) is 14.1. The first-order chi connectivity index (χ1) is 9.67. The predicted octanol–water partition coefficient (Wildman–Crippen LogP) is 2.26. The van der Waals surface area contributed by atoms with E-state index in [2.05, 4.69) is 23.6 Å². The Morgan fingerprint density at radius 1 is 1.25 bits per heavy atom. The highest BCUT2D eigenvalue weighted by Crippen LogP contribution is 2.32. The van der Waals surface area contributed by atoms with Gasteiger partial charge in [-0.1, -0.05) is 13.8 Å². The zero-order valence-corrected chi connectivity index (χ0v) is 13.5. The van der Waals surface area contributed by atoms with Gasteiger partial charge in [-0.05, 0) is 24.7 Å². The molecule has 112 valence electrons. The van der Waals surface area contributed by atoms with Gasteiger partial charge in [0.1, 0.15) is 0 Å². The minimum atomic E-state index is 0.467. The van der Waals surface area contributed by atoms with Crippen molar-refractivity contribution in [3.8, 4) is 0 Å². The molecule has 2 N–H and O–H groups in total. The van der Waals surface area contributed by atoms with E-state index < -0.39 is 0 Å². The number of hydrogen-bond donors (Lipinski definition) is 1. The summed E-state index contributed by atoms with van der Waals surface area (Å²) >= 11 is 1.79. The third-order valence-electron chi connectivity index (χ3n) is 4.30. The molecule has 0 atom stereocenters. The summed E-state index contributed by atoms with van der Waals surface area (Å²) in [6, 6.07) is 0. The number of nitrogens with zero attached hydrogens (tertiary/aromatic N) is 3. The van der Waals surface area contributed by atoms with Gasteiger partial charge in [-0.25, -0.2) is 4.98 Å². The van der Waals surface area contributed by atoms with Crippen LogP contribution in [-0.4, -0.2) is 42.6 Å². The van der Waals surface area contributed by atoms with E-state index in [4.69, 9.17) is 10.7 Å². The molecule has 2 heterocycles. The number of aromatic nitrogens is 1. The predicted molar refractivity (Wildman–Crippen MR) is 85.5 cm³/mol. The monoisotopic (exact) mass is 294 g/mol. The molecule has 2 aliphatic rings. The molecular formula is C15H26N4S. The first-order valence-electron chi connectivity index (χ1n) is 7.84. The van der Waals surface area contributed by atoms with Crippen molar-refractivity contribution in [2.45, 2.75) is 39.2 Å². The van der Waals surface area contributed by atoms with E-state index >= 15 is 0 Å². The van der Waals surface area contributed by atoms with Crippen molar-refractivity contribution in [2.24, 2.45) is 11.7 Å². The molecule has 0 radical (unpaired) electrons. The van der Waals surface area contributed by atoms with Crippen LogP contribution in [0, 0.1) is 5.92 Å². The normalized spacial score (nSPS) is 20.9. The van der Waals surface area contributed by atoms with Crippen LogP contribution in [0.3, 0.4) is 0 Å². The highest BCUT2D eigenvalue weighted by Gasteiger charge is 2.27. The fraction of sp³-hybridized carbons (Fsp3) is 0.800. The fourth-order valence-corrected chi connectivity index (χ4v) is 4.02. The zero-order valence-electron chi connectivity index (χ0n) is 12.6. The average molecular weight is 294 g/mol. The quantitative estimate of drug-likeness (QED) is 0.905.